The van der Waals surface area contributed by atoms with Gasteiger partial charge in [-0.1, -0.05) is 32.4 Å². The van der Waals surface area contributed by atoms with E-state index >= 15 is 0 Å². The number of aromatic amines is 1. The van der Waals surface area contributed by atoms with E-state index in [2.05, 4.69) is 30.6 Å². The van der Waals surface area contributed by atoms with Gasteiger partial charge in [0.2, 0.25) is 17.8 Å². The summed E-state index contributed by atoms with van der Waals surface area (Å²) in [4.78, 5) is 29.1. The van der Waals surface area contributed by atoms with Gasteiger partial charge in [0.05, 0.1) is 0 Å². The molecule has 0 spiro atoms. The highest BCUT2D eigenvalue weighted by Crippen LogP contribution is 2.22. The number of hydrogen-bond acceptors (Lipinski definition) is 4. The van der Waals surface area contributed by atoms with E-state index in [0.717, 1.165) is 27.9 Å². The van der Waals surface area contributed by atoms with Crippen LogP contribution in [0.25, 0.3) is 10.9 Å². The fourth-order valence-electron chi connectivity index (χ4n) is 2.94. The number of halogens is 1. The SMILES string of the molecule is Cc1cc(C)nc(NC(=NCCc2c[nH]c3ccc(Cl)cc23)NC(=O)C(C)(C)C)n1. The van der Waals surface area contributed by atoms with Crippen molar-refractivity contribution in [1.82, 2.24) is 20.3 Å². The molecule has 30 heavy (non-hydrogen) atoms. The average Bonchev–Trinajstić information content (AvgIpc) is 3.02. The lowest BCUT2D eigenvalue weighted by atomic mass is 9.96. The molecule has 3 N–H and O–H groups in total. The Balaban J connectivity index is 1.80. The Bertz CT molecular complexity index is 1080. The van der Waals surface area contributed by atoms with Gasteiger partial charge in [-0.15, -0.1) is 0 Å². The van der Waals surface area contributed by atoms with Crippen LogP contribution in [0.5, 0.6) is 0 Å². The van der Waals surface area contributed by atoms with E-state index in [-0.39, 0.29) is 5.91 Å². The van der Waals surface area contributed by atoms with Crippen LogP contribution in [-0.4, -0.2) is 33.4 Å². The van der Waals surface area contributed by atoms with Crippen molar-refractivity contribution in [2.45, 2.75) is 41.0 Å². The number of aryl methyl sites for hydroxylation is 2. The summed E-state index contributed by atoms with van der Waals surface area (Å²) in [6.45, 7) is 9.81. The van der Waals surface area contributed by atoms with E-state index in [4.69, 9.17) is 11.6 Å². The van der Waals surface area contributed by atoms with Gasteiger partial charge in [0.25, 0.3) is 0 Å². The molecule has 2 heterocycles. The van der Waals surface area contributed by atoms with Crippen LogP contribution in [0.4, 0.5) is 5.95 Å². The van der Waals surface area contributed by atoms with Crippen LogP contribution < -0.4 is 10.6 Å². The second-order valence-corrected chi connectivity index (χ2v) is 8.72. The fraction of sp³-hybridized carbons (Fsp3) is 0.364. The number of benzene rings is 1. The van der Waals surface area contributed by atoms with Gasteiger partial charge in [-0.25, -0.2) is 9.97 Å². The lowest BCUT2D eigenvalue weighted by Crippen LogP contribution is -2.42. The first-order valence-electron chi connectivity index (χ1n) is 9.82. The van der Waals surface area contributed by atoms with Gasteiger partial charge in [-0.05, 0) is 50.1 Å². The van der Waals surface area contributed by atoms with Crippen molar-refractivity contribution in [3.05, 3.63) is 52.4 Å². The molecule has 158 valence electrons. The van der Waals surface area contributed by atoms with Crippen LogP contribution >= 0.6 is 11.6 Å². The summed E-state index contributed by atoms with van der Waals surface area (Å²) < 4.78 is 0. The maximum absolute atomic E-state index is 12.5. The molecule has 2 aromatic heterocycles. The number of nitrogens with zero attached hydrogens (tertiary/aromatic N) is 3. The lowest BCUT2D eigenvalue weighted by molar-refractivity contribution is -0.126. The molecule has 0 aliphatic rings. The van der Waals surface area contributed by atoms with Gasteiger partial charge in [0, 0.05) is 45.5 Å². The molecule has 3 aromatic rings. The first kappa shape index (κ1) is 21.8. The van der Waals surface area contributed by atoms with Crippen LogP contribution in [0.3, 0.4) is 0 Å². The summed E-state index contributed by atoms with van der Waals surface area (Å²) in [5.74, 6) is 0.592. The molecule has 0 aliphatic carbocycles. The molecule has 0 fully saturated rings. The number of hydrogen-bond donors (Lipinski definition) is 3. The third kappa shape index (κ3) is 5.57. The van der Waals surface area contributed by atoms with Crippen molar-refractivity contribution in [2.75, 3.05) is 11.9 Å². The third-order valence-corrected chi connectivity index (χ3v) is 4.74. The number of guanidine groups is 1. The Hall–Kier alpha value is -2.93. The Morgan fingerprint density at radius 3 is 2.53 bits per heavy atom. The number of aliphatic imine (C=N–C) groups is 1. The fourth-order valence-corrected chi connectivity index (χ4v) is 3.11. The highest BCUT2D eigenvalue weighted by Gasteiger charge is 2.22. The van der Waals surface area contributed by atoms with Gasteiger partial charge >= 0.3 is 0 Å². The van der Waals surface area contributed by atoms with Crippen LogP contribution in [0.15, 0.2) is 35.5 Å². The first-order valence-corrected chi connectivity index (χ1v) is 10.2. The standard InChI is InChI=1S/C22H27ClN6O/c1-13-10-14(2)27-21(26-13)29-20(28-19(30)22(3,4)5)24-9-8-15-12-25-18-7-6-16(23)11-17(15)18/h6-7,10-12,25H,8-9H2,1-5H3,(H2,24,26,27,28,29,30). The van der Waals surface area contributed by atoms with Gasteiger partial charge in [-0.3, -0.25) is 20.4 Å². The Morgan fingerprint density at radius 1 is 1.17 bits per heavy atom. The number of anilines is 1. The molecular formula is C22H27ClN6O. The predicted molar refractivity (Wildman–Crippen MR) is 122 cm³/mol. The van der Waals surface area contributed by atoms with Crippen molar-refractivity contribution in [2.24, 2.45) is 10.4 Å². The average molecular weight is 427 g/mol. The van der Waals surface area contributed by atoms with Crippen molar-refractivity contribution in [3.8, 4) is 0 Å². The second-order valence-electron chi connectivity index (χ2n) is 8.29. The number of amides is 1. The highest BCUT2D eigenvalue weighted by molar-refractivity contribution is 6.31. The smallest absolute Gasteiger partial charge is 0.232 e. The minimum atomic E-state index is -0.556. The largest absolute Gasteiger partial charge is 0.361 e. The van der Waals surface area contributed by atoms with Crippen molar-refractivity contribution in [3.63, 3.8) is 0 Å². The van der Waals surface area contributed by atoms with Crippen molar-refractivity contribution in [1.29, 1.82) is 0 Å². The first-order chi connectivity index (χ1) is 14.1. The Morgan fingerprint density at radius 2 is 1.87 bits per heavy atom. The highest BCUT2D eigenvalue weighted by atomic mass is 35.5. The number of aromatic nitrogens is 3. The summed E-state index contributed by atoms with van der Waals surface area (Å²) in [6, 6.07) is 7.64. The molecule has 0 aliphatic heterocycles. The van der Waals surface area contributed by atoms with E-state index in [1.165, 1.54) is 0 Å². The van der Waals surface area contributed by atoms with Crippen LogP contribution in [0.2, 0.25) is 5.02 Å². The quantitative estimate of drug-likeness (QED) is 0.425. The molecule has 0 saturated carbocycles. The minimum absolute atomic E-state index is 0.142. The zero-order valence-corrected chi connectivity index (χ0v) is 18.7. The zero-order chi connectivity index (χ0) is 21.9. The summed E-state index contributed by atoms with van der Waals surface area (Å²) >= 11 is 6.13. The number of rotatable bonds is 4. The van der Waals surface area contributed by atoms with Gasteiger partial charge in [0.1, 0.15) is 0 Å². The van der Waals surface area contributed by atoms with E-state index in [9.17, 15) is 4.79 Å². The molecule has 0 bridgehead atoms. The number of carbonyl (C=O) groups is 1. The van der Waals surface area contributed by atoms with E-state index in [0.29, 0.717) is 29.9 Å². The molecule has 0 atom stereocenters. The molecule has 0 unspecified atom stereocenters. The molecule has 1 aromatic carbocycles. The number of H-pyrrole nitrogens is 1. The van der Waals surface area contributed by atoms with Gasteiger partial charge in [-0.2, -0.15) is 0 Å². The molecule has 8 heteroatoms. The second kappa shape index (κ2) is 8.83. The van der Waals surface area contributed by atoms with Gasteiger partial charge in [0.15, 0.2) is 0 Å². The minimum Gasteiger partial charge on any atom is -0.361 e. The van der Waals surface area contributed by atoms with Gasteiger partial charge < -0.3 is 4.98 Å². The normalized spacial score (nSPS) is 12.3. The Kier molecular flexibility index (Phi) is 6.41. The van der Waals surface area contributed by atoms with Crippen molar-refractivity contribution < 1.29 is 4.79 Å². The van der Waals surface area contributed by atoms with Crippen LogP contribution in [0, 0.1) is 19.3 Å². The lowest BCUT2D eigenvalue weighted by Gasteiger charge is -2.19. The molecule has 3 rings (SSSR count). The summed E-state index contributed by atoms with van der Waals surface area (Å²) in [7, 11) is 0. The molecule has 7 nitrogen and oxygen atoms in total. The van der Waals surface area contributed by atoms with E-state index in [1.54, 1.807) is 0 Å². The molecule has 1 amide bonds. The maximum atomic E-state index is 12.5. The van der Waals surface area contributed by atoms with Crippen molar-refractivity contribution >= 4 is 40.3 Å². The Labute approximate surface area is 181 Å². The number of fused-ring (bicyclic) bond motifs is 1. The topological polar surface area (TPSA) is 95.1 Å². The monoisotopic (exact) mass is 426 g/mol. The molecule has 0 saturated heterocycles. The van der Waals surface area contributed by atoms with Crippen LogP contribution in [0.1, 0.15) is 37.7 Å². The maximum Gasteiger partial charge on any atom is 0.232 e. The van der Waals surface area contributed by atoms with Crippen LogP contribution in [-0.2, 0) is 11.2 Å². The van der Waals surface area contributed by atoms with E-state index in [1.807, 2.05) is 65.1 Å². The summed E-state index contributed by atoms with van der Waals surface area (Å²) in [5.41, 5.74) is 3.26. The molecule has 0 radical (unpaired) electrons. The third-order valence-electron chi connectivity index (χ3n) is 4.51. The zero-order valence-electron chi connectivity index (χ0n) is 17.9. The molecular weight excluding hydrogens is 400 g/mol. The predicted octanol–water partition coefficient (Wildman–Crippen LogP) is 4.40. The summed E-state index contributed by atoms with van der Waals surface area (Å²) in [6.07, 6.45) is 2.65. The number of nitrogens with one attached hydrogen (secondary N) is 3. The summed E-state index contributed by atoms with van der Waals surface area (Å²) in [5, 5.41) is 7.68. The number of carbonyl (C=O) groups excluding carboxylic acids is 1. The van der Waals surface area contributed by atoms with E-state index < -0.39 is 5.41 Å².